The van der Waals surface area contributed by atoms with Crippen molar-refractivity contribution in [2.45, 2.75) is 50.8 Å². The van der Waals surface area contributed by atoms with Crippen LogP contribution in [0.2, 0.25) is 0 Å². The molecule has 0 aromatic heterocycles. The van der Waals surface area contributed by atoms with Gasteiger partial charge in [-0.1, -0.05) is 31.4 Å². The van der Waals surface area contributed by atoms with Gasteiger partial charge in [0.2, 0.25) is 0 Å². The summed E-state index contributed by atoms with van der Waals surface area (Å²) in [6.45, 7) is 0.450. The van der Waals surface area contributed by atoms with Crippen molar-refractivity contribution in [2.24, 2.45) is 5.73 Å². The van der Waals surface area contributed by atoms with E-state index in [9.17, 15) is 9.90 Å². The second kappa shape index (κ2) is 8.00. The molecule has 2 rings (SSSR count). The zero-order valence-electron chi connectivity index (χ0n) is 12.3. The average molecular weight is 292 g/mol. The predicted octanol–water partition coefficient (Wildman–Crippen LogP) is 1.33. The molecule has 5 heteroatoms. The van der Waals surface area contributed by atoms with Gasteiger partial charge in [-0.2, -0.15) is 0 Å². The fourth-order valence-electron chi connectivity index (χ4n) is 2.58. The van der Waals surface area contributed by atoms with E-state index in [1.807, 2.05) is 12.1 Å². The molecule has 5 nitrogen and oxygen atoms in total. The molecule has 0 spiro atoms. The summed E-state index contributed by atoms with van der Waals surface area (Å²) in [5.41, 5.74) is 6.54. The standard InChI is InChI=1S/C16H24N2O3/c17-10-12-6-8-13(9-7-12)21-11-16(20)18-14-4-2-1-3-5-15(14)19/h6-9,14-15,19H,1-5,10-11,17H2,(H,18,20). The Balaban J connectivity index is 1.78. The predicted molar refractivity (Wildman–Crippen MR) is 80.9 cm³/mol. The number of aliphatic hydroxyl groups excluding tert-OH is 1. The van der Waals surface area contributed by atoms with Gasteiger partial charge in [0, 0.05) is 6.54 Å². The van der Waals surface area contributed by atoms with E-state index in [1.54, 1.807) is 12.1 Å². The van der Waals surface area contributed by atoms with E-state index in [4.69, 9.17) is 10.5 Å². The van der Waals surface area contributed by atoms with Crippen molar-refractivity contribution < 1.29 is 14.6 Å². The van der Waals surface area contributed by atoms with Crippen LogP contribution >= 0.6 is 0 Å². The maximum absolute atomic E-state index is 11.9. The third-order valence-electron chi connectivity index (χ3n) is 3.85. The second-order valence-corrected chi connectivity index (χ2v) is 5.52. The molecule has 0 aliphatic heterocycles. The lowest BCUT2D eigenvalue weighted by molar-refractivity contribution is -0.124. The smallest absolute Gasteiger partial charge is 0.258 e. The van der Waals surface area contributed by atoms with E-state index in [0.29, 0.717) is 12.3 Å². The van der Waals surface area contributed by atoms with Gasteiger partial charge in [-0.25, -0.2) is 0 Å². The summed E-state index contributed by atoms with van der Waals surface area (Å²) in [5.74, 6) is 0.451. The number of nitrogens with two attached hydrogens (primary N) is 1. The number of carbonyl (C=O) groups is 1. The van der Waals surface area contributed by atoms with Crippen molar-refractivity contribution in [3.63, 3.8) is 0 Å². The van der Waals surface area contributed by atoms with Gasteiger partial charge in [-0.3, -0.25) is 4.79 Å². The van der Waals surface area contributed by atoms with Gasteiger partial charge in [0.15, 0.2) is 6.61 Å². The topological polar surface area (TPSA) is 84.6 Å². The molecule has 1 fully saturated rings. The summed E-state index contributed by atoms with van der Waals surface area (Å²) in [7, 11) is 0. The molecule has 2 unspecified atom stereocenters. The van der Waals surface area contributed by atoms with Gasteiger partial charge < -0.3 is 20.9 Å². The fourth-order valence-corrected chi connectivity index (χ4v) is 2.58. The number of aliphatic hydroxyl groups is 1. The molecule has 2 atom stereocenters. The summed E-state index contributed by atoms with van der Waals surface area (Å²) >= 11 is 0. The molecule has 0 saturated heterocycles. The fraction of sp³-hybridized carbons (Fsp3) is 0.562. The summed E-state index contributed by atoms with van der Waals surface area (Å²) in [5, 5.41) is 12.8. The van der Waals surface area contributed by atoms with E-state index in [-0.39, 0.29) is 18.6 Å². The number of nitrogens with one attached hydrogen (secondary N) is 1. The molecule has 1 aromatic carbocycles. The molecule has 0 radical (unpaired) electrons. The molecule has 1 aliphatic carbocycles. The molecule has 1 saturated carbocycles. The number of ether oxygens (including phenoxy) is 1. The third kappa shape index (κ3) is 5.02. The van der Waals surface area contributed by atoms with Gasteiger partial charge in [0.05, 0.1) is 12.1 Å². The zero-order chi connectivity index (χ0) is 15.1. The van der Waals surface area contributed by atoms with Crippen LogP contribution < -0.4 is 15.8 Å². The van der Waals surface area contributed by atoms with Crippen molar-refractivity contribution >= 4 is 5.91 Å². The van der Waals surface area contributed by atoms with Crippen LogP contribution in [0.4, 0.5) is 0 Å². The van der Waals surface area contributed by atoms with Gasteiger partial charge in [-0.05, 0) is 30.5 Å². The first-order valence-electron chi connectivity index (χ1n) is 7.58. The van der Waals surface area contributed by atoms with E-state index in [0.717, 1.165) is 37.7 Å². The number of benzene rings is 1. The van der Waals surface area contributed by atoms with Crippen molar-refractivity contribution in [1.29, 1.82) is 0 Å². The monoisotopic (exact) mass is 292 g/mol. The average Bonchev–Trinajstić information content (AvgIpc) is 2.71. The van der Waals surface area contributed by atoms with Gasteiger partial charge in [0.25, 0.3) is 5.91 Å². The number of amides is 1. The molecule has 116 valence electrons. The highest BCUT2D eigenvalue weighted by molar-refractivity contribution is 5.77. The molecule has 1 aromatic rings. The lowest BCUT2D eigenvalue weighted by Gasteiger charge is -2.21. The van der Waals surface area contributed by atoms with Crippen LogP contribution in [0, 0.1) is 0 Å². The van der Waals surface area contributed by atoms with E-state index in [1.165, 1.54) is 0 Å². The van der Waals surface area contributed by atoms with Crippen LogP contribution in [0.25, 0.3) is 0 Å². The summed E-state index contributed by atoms with van der Waals surface area (Å²) < 4.78 is 5.44. The molecule has 1 amide bonds. The van der Waals surface area contributed by atoms with Crippen molar-refractivity contribution in [1.82, 2.24) is 5.32 Å². The normalized spacial score (nSPS) is 22.4. The number of carbonyl (C=O) groups excluding carboxylic acids is 1. The third-order valence-corrected chi connectivity index (χ3v) is 3.85. The van der Waals surface area contributed by atoms with Crippen LogP contribution in [-0.4, -0.2) is 29.8 Å². The van der Waals surface area contributed by atoms with Crippen LogP contribution in [0.1, 0.15) is 37.7 Å². The summed E-state index contributed by atoms with van der Waals surface area (Å²) in [6.07, 6.45) is 4.33. The summed E-state index contributed by atoms with van der Waals surface area (Å²) in [6, 6.07) is 7.21. The molecule has 1 aliphatic rings. The Hall–Kier alpha value is -1.59. The van der Waals surface area contributed by atoms with Crippen molar-refractivity contribution in [3.05, 3.63) is 29.8 Å². The number of rotatable bonds is 5. The van der Waals surface area contributed by atoms with Crippen LogP contribution in [0.3, 0.4) is 0 Å². The Morgan fingerprint density at radius 1 is 1.24 bits per heavy atom. The first-order chi connectivity index (χ1) is 10.2. The second-order valence-electron chi connectivity index (χ2n) is 5.52. The summed E-state index contributed by atoms with van der Waals surface area (Å²) in [4.78, 5) is 11.9. The number of hydrogen-bond acceptors (Lipinski definition) is 4. The van der Waals surface area contributed by atoms with Crippen LogP contribution in [-0.2, 0) is 11.3 Å². The lowest BCUT2D eigenvalue weighted by Crippen LogP contribution is -2.44. The zero-order valence-corrected chi connectivity index (χ0v) is 12.3. The molecule has 21 heavy (non-hydrogen) atoms. The Labute approximate surface area is 125 Å². The quantitative estimate of drug-likeness (QED) is 0.715. The van der Waals surface area contributed by atoms with E-state index >= 15 is 0 Å². The largest absolute Gasteiger partial charge is 0.484 e. The highest BCUT2D eigenvalue weighted by atomic mass is 16.5. The molecule has 0 bridgehead atoms. The highest BCUT2D eigenvalue weighted by Crippen LogP contribution is 2.18. The minimum absolute atomic E-state index is 0.0365. The lowest BCUT2D eigenvalue weighted by atomic mass is 10.1. The molecule has 4 N–H and O–H groups in total. The maximum atomic E-state index is 11.9. The number of hydrogen-bond donors (Lipinski definition) is 3. The Morgan fingerprint density at radius 2 is 1.95 bits per heavy atom. The van der Waals surface area contributed by atoms with Crippen molar-refractivity contribution in [2.75, 3.05) is 6.61 Å². The SMILES string of the molecule is NCc1ccc(OCC(=O)NC2CCCCCC2O)cc1. The molecular weight excluding hydrogens is 268 g/mol. The Morgan fingerprint density at radius 3 is 2.67 bits per heavy atom. The minimum atomic E-state index is -0.444. The molecule has 0 heterocycles. The minimum Gasteiger partial charge on any atom is -0.484 e. The highest BCUT2D eigenvalue weighted by Gasteiger charge is 2.23. The first kappa shape index (κ1) is 15.8. The van der Waals surface area contributed by atoms with Gasteiger partial charge >= 0.3 is 0 Å². The van der Waals surface area contributed by atoms with Gasteiger partial charge in [0.1, 0.15) is 5.75 Å². The van der Waals surface area contributed by atoms with Crippen LogP contribution in [0.15, 0.2) is 24.3 Å². The Kier molecular flexibility index (Phi) is 6.02. The maximum Gasteiger partial charge on any atom is 0.258 e. The first-order valence-corrected chi connectivity index (χ1v) is 7.58. The van der Waals surface area contributed by atoms with E-state index in [2.05, 4.69) is 5.32 Å². The molecular formula is C16H24N2O3. The Bertz CT molecular complexity index is 447. The van der Waals surface area contributed by atoms with Crippen LogP contribution in [0.5, 0.6) is 5.75 Å². The van der Waals surface area contributed by atoms with Crippen molar-refractivity contribution in [3.8, 4) is 5.75 Å². The van der Waals surface area contributed by atoms with E-state index < -0.39 is 6.10 Å². The van der Waals surface area contributed by atoms with Gasteiger partial charge in [-0.15, -0.1) is 0 Å².